The van der Waals surface area contributed by atoms with Crippen molar-refractivity contribution in [3.8, 4) is 0 Å². The van der Waals surface area contributed by atoms with Crippen molar-refractivity contribution in [3.05, 3.63) is 35.9 Å². The predicted octanol–water partition coefficient (Wildman–Crippen LogP) is 1.41. The summed E-state index contributed by atoms with van der Waals surface area (Å²) >= 11 is 0. The maximum absolute atomic E-state index is 12.8. The van der Waals surface area contributed by atoms with Gasteiger partial charge in [-0.2, -0.15) is 0 Å². The van der Waals surface area contributed by atoms with E-state index in [2.05, 4.69) is 17.0 Å². The van der Waals surface area contributed by atoms with Crippen LogP contribution in [0.1, 0.15) is 24.3 Å². The van der Waals surface area contributed by atoms with Crippen LogP contribution >= 0.6 is 0 Å². The molecule has 0 unspecified atom stereocenters. The molecule has 0 N–H and O–H groups in total. The molecule has 0 radical (unpaired) electrons. The Kier molecular flexibility index (Phi) is 5.19. The highest BCUT2D eigenvalue weighted by Gasteiger charge is 2.45. The van der Waals surface area contributed by atoms with Gasteiger partial charge < -0.3 is 9.80 Å². The maximum Gasteiger partial charge on any atom is 0.236 e. The monoisotopic (exact) mass is 329 g/mol. The van der Waals surface area contributed by atoms with Gasteiger partial charge in [0.05, 0.1) is 6.54 Å². The maximum atomic E-state index is 12.8. The molecule has 1 saturated heterocycles. The van der Waals surface area contributed by atoms with Crippen molar-refractivity contribution in [2.75, 3.05) is 46.8 Å². The molecule has 2 fully saturated rings. The fourth-order valence-electron chi connectivity index (χ4n) is 3.45. The third-order valence-electron chi connectivity index (χ3n) is 5.09. The molecule has 130 valence electrons. The van der Waals surface area contributed by atoms with Gasteiger partial charge in [-0.15, -0.1) is 0 Å². The lowest BCUT2D eigenvalue weighted by Crippen LogP contribution is -2.40. The van der Waals surface area contributed by atoms with E-state index in [1.54, 1.807) is 19.0 Å². The molecule has 2 aliphatic rings. The summed E-state index contributed by atoms with van der Waals surface area (Å²) in [5.41, 5.74) is 1.28. The van der Waals surface area contributed by atoms with Gasteiger partial charge in [0.15, 0.2) is 0 Å². The number of nitrogens with zero attached hydrogens (tertiary/aromatic N) is 3. The van der Waals surface area contributed by atoms with E-state index >= 15 is 0 Å². The third-order valence-corrected chi connectivity index (χ3v) is 5.09. The summed E-state index contributed by atoms with van der Waals surface area (Å²) < 4.78 is 0. The van der Waals surface area contributed by atoms with Crippen molar-refractivity contribution >= 4 is 11.8 Å². The minimum atomic E-state index is 0.126. The highest BCUT2D eigenvalue weighted by molar-refractivity contribution is 5.83. The van der Waals surface area contributed by atoms with Gasteiger partial charge in [-0.05, 0) is 24.3 Å². The first-order valence-corrected chi connectivity index (χ1v) is 8.82. The lowest BCUT2D eigenvalue weighted by molar-refractivity contribution is -0.132. The molecule has 2 atom stereocenters. The Balaban J connectivity index is 1.51. The molecule has 1 aromatic rings. The van der Waals surface area contributed by atoms with Crippen LogP contribution in [0.15, 0.2) is 30.3 Å². The van der Waals surface area contributed by atoms with Crippen LogP contribution in [-0.2, 0) is 9.59 Å². The average Bonchev–Trinajstić information content (AvgIpc) is 3.39. The van der Waals surface area contributed by atoms with Gasteiger partial charge >= 0.3 is 0 Å². The van der Waals surface area contributed by atoms with Crippen LogP contribution < -0.4 is 0 Å². The number of benzene rings is 1. The molecule has 1 aliphatic carbocycles. The van der Waals surface area contributed by atoms with Crippen LogP contribution in [0, 0.1) is 5.92 Å². The van der Waals surface area contributed by atoms with E-state index in [-0.39, 0.29) is 11.8 Å². The van der Waals surface area contributed by atoms with Gasteiger partial charge in [-0.3, -0.25) is 14.5 Å². The fourth-order valence-corrected chi connectivity index (χ4v) is 3.45. The summed E-state index contributed by atoms with van der Waals surface area (Å²) in [5.74, 6) is 0.974. The highest BCUT2D eigenvalue weighted by atomic mass is 16.2. The summed E-state index contributed by atoms with van der Waals surface area (Å²) in [7, 11) is 3.57. The smallest absolute Gasteiger partial charge is 0.236 e. The Bertz CT molecular complexity index is 588. The van der Waals surface area contributed by atoms with Crippen molar-refractivity contribution in [3.63, 3.8) is 0 Å². The SMILES string of the molecule is CN(C)C(=O)CN1CCCN(C(=O)[C@@H]2C[C@H]2c2ccccc2)CC1. The molecule has 1 saturated carbocycles. The van der Waals surface area contributed by atoms with Gasteiger partial charge in [-0.1, -0.05) is 30.3 Å². The second-order valence-electron chi connectivity index (χ2n) is 7.10. The van der Waals surface area contributed by atoms with Crippen LogP contribution in [0.4, 0.5) is 0 Å². The van der Waals surface area contributed by atoms with Gasteiger partial charge in [0.2, 0.25) is 11.8 Å². The Morgan fingerprint density at radius 1 is 1.08 bits per heavy atom. The Morgan fingerprint density at radius 3 is 2.54 bits per heavy atom. The normalized spacial score (nSPS) is 24.3. The molecule has 0 spiro atoms. The van der Waals surface area contributed by atoms with Crippen molar-refractivity contribution in [1.29, 1.82) is 0 Å². The molecular formula is C19H27N3O2. The van der Waals surface area contributed by atoms with Crippen molar-refractivity contribution < 1.29 is 9.59 Å². The summed E-state index contributed by atoms with van der Waals surface area (Å²) in [6, 6.07) is 10.3. The number of carbonyl (C=O) groups excluding carboxylic acids is 2. The van der Waals surface area contributed by atoms with Crippen molar-refractivity contribution in [2.24, 2.45) is 5.92 Å². The van der Waals surface area contributed by atoms with Gasteiger partial charge in [0.25, 0.3) is 0 Å². The molecule has 1 aromatic carbocycles. The second-order valence-corrected chi connectivity index (χ2v) is 7.10. The first-order chi connectivity index (χ1) is 11.6. The van der Waals surface area contributed by atoms with E-state index in [1.807, 2.05) is 23.1 Å². The number of likely N-dealkylation sites (N-methyl/N-ethyl adjacent to an activating group) is 1. The van der Waals surface area contributed by atoms with Gasteiger partial charge in [0, 0.05) is 46.2 Å². The molecule has 5 nitrogen and oxygen atoms in total. The first-order valence-electron chi connectivity index (χ1n) is 8.82. The number of rotatable bonds is 4. The Morgan fingerprint density at radius 2 is 1.83 bits per heavy atom. The molecule has 5 heteroatoms. The second kappa shape index (κ2) is 7.34. The Hall–Kier alpha value is -1.88. The van der Waals surface area contributed by atoms with Gasteiger partial charge in [0.1, 0.15) is 0 Å². The lowest BCUT2D eigenvalue weighted by Gasteiger charge is -2.23. The fraction of sp³-hybridized carbons (Fsp3) is 0.579. The van der Waals surface area contributed by atoms with Crippen LogP contribution in [0.25, 0.3) is 0 Å². The Labute approximate surface area is 144 Å². The number of carbonyl (C=O) groups is 2. The van der Waals surface area contributed by atoms with Crippen LogP contribution in [0.2, 0.25) is 0 Å². The zero-order valence-corrected chi connectivity index (χ0v) is 14.6. The van der Waals surface area contributed by atoms with Crippen LogP contribution in [-0.4, -0.2) is 73.3 Å². The summed E-state index contributed by atoms with van der Waals surface area (Å²) in [6.45, 7) is 3.66. The largest absolute Gasteiger partial charge is 0.348 e. The van der Waals surface area contributed by atoms with E-state index in [0.717, 1.165) is 39.0 Å². The van der Waals surface area contributed by atoms with E-state index < -0.39 is 0 Å². The molecule has 1 heterocycles. The molecular weight excluding hydrogens is 302 g/mol. The number of amides is 2. The molecule has 24 heavy (non-hydrogen) atoms. The minimum Gasteiger partial charge on any atom is -0.348 e. The molecule has 0 aromatic heterocycles. The topological polar surface area (TPSA) is 43.9 Å². The molecule has 1 aliphatic heterocycles. The summed E-state index contributed by atoms with van der Waals surface area (Å²) in [5, 5.41) is 0. The average molecular weight is 329 g/mol. The zero-order chi connectivity index (χ0) is 17.1. The molecule has 0 bridgehead atoms. The van der Waals surface area contributed by atoms with Crippen LogP contribution in [0.5, 0.6) is 0 Å². The molecule has 2 amide bonds. The van der Waals surface area contributed by atoms with Crippen molar-refractivity contribution in [2.45, 2.75) is 18.8 Å². The van der Waals surface area contributed by atoms with E-state index in [4.69, 9.17) is 0 Å². The number of hydrogen-bond donors (Lipinski definition) is 0. The summed E-state index contributed by atoms with van der Waals surface area (Å²) in [6.07, 6.45) is 1.91. The number of hydrogen-bond acceptors (Lipinski definition) is 3. The zero-order valence-electron chi connectivity index (χ0n) is 14.6. The van der Waals surface area contributed by atoms with Crippen molar-refractivity contribution in [1.82, 2.24) is 14.7 Å². The minimum absolute atomic E-state index is 0.126. The standard InChI is InChI=1S/C19H27N3O2/c1-20(2)18(23)14-21-9-6-10-22(12-11-21)19(24)17-13-16(17)15-7-4-3-5-8-15/h3-5,7-8,16-17H,6,9-14H2,1-2H3/t16-,17+/m0/s1. The lowest BCUT2D eigenvalue weighted by atomic mass is 10.1. The highest BCUT2D eigenvalue weighted by Crippen LogP contribution is 2.48. The van der Waals surface area contributed by atoms with Gasteiger partial charge in [-0.25, -0.2) is 0 Å². The van der Waals surface area contributed by atoms with E-state index in [0.29, 0.717) is 18.4 Å². The van der Waals surface area contributed by atoms with E-state index in [1.165, 1.54) is 5.56 Å². The summed E-state index contributed by atoms with van der Waals surface area (Å²) in [4.78, 5) is 30.4. The quantitative estimate of drug-likeness (QED) is 0.839. The molecule has 3 rings (SSSR count). The predicted molar refractivity (Wildman–Crippen MR) is 93.6 cm³/mol. The third kappa shape index (κ3) is 3.96. The first kappa shape index (κ1) is 17.0. The van der Waals surface area contributed by atoms with Crippen LogP contribution in [0.3, 0.4) is 0 Å². The van der Waals surface area contributed by atoms with E-state index in [9.17, 15) is 9.59 Å².